The van der Waals surface area contributed by atoms with Gasteiger partial charge in [-0.15, -0.1) is 0 Å². The van der Waals surface area contributed by atoms with E-state index in [-0.39, 0.29) is 6.10 Å². The third-order valence-electron chi connectivity index (χ3n) is 6.06. The SMILES string of the molecule is S=[P@]1(OC[C@H]2CCCO2)C2=C(N3CCCC3)CCCC2=NN1c1ccccc1. The van der Waals surface area contributed by atoms with E-state index >= 15 is 0 Å². The Kier molecular flexibility index (Phi) is 5.31. The quantitative estimate of drug-likeness (QED) is 0.640. The van der Waals surface area contributed by atoms with Crippen LogP contribution < -0.4 is 4.78 Å². The van der Waals surface area contributed by atoms with Crippen LogP contribution in [-0.2, 0) is 21.1 Å². The molecule has 0 spiro atoms. The molecule has 0 unspecified atom stereocenters. The second-order valence-corrected chi connectivity index (χ2v) is 11.6. The van der Waals surface area contributed by atoms with E-state index in [1.807, 2.05) is 23.0 Å². The van der Waals surface area contributed by atoms with Gasteiger partial charge in [-0.1, -0.05) is 18.2 Å². The molecule has 3 aliphatic heterocycles. The lowest BCUT2D eigenvalue weighted by Crippen LogP contribution is -2.25. The molecule has 3 heterocycles. The van der Waals surface area contributed by atoms with Gasteiger partial charge in [0.2, 0.25) is 6.42 Å². The Hall–Kier alpha value is -1.20. The molecule has 0 radical (unpaired) electrons. The lowest BCUT2D eigenvalue weighted by atomic mass is 10.0. The Morgan fingerprint density at radius 1 is 1.11 bits per heavy atom. The molecule has 0 aromatic heterocycles. The summed E-state index contributed by atoms with van der Waals surface area (Å²) in [7, 11) is 0. The maximum Gasteiger partial charge on any atom is 0.209 e. The zero-order valence-electron chi connectivity index (χ0n) is 16.3. The van der Waals surface area contributed by atoms with Crippen LogP contribution in [0.2, 0.25) is 0 Å². The fraction of sp³-hybridized carbons (Fsp3) is 0.571. The molecule has 0 bridgehead atoms. The van der Waals surface area contributed by atoms with Crippen molar-refractivity contribution in [2.45, 2.75) is 51.0 Å². The van der Waals surface area contributed by atoms with Gasteiger partial charge in [0.05, 0.1) is 29.4 Å². The van der Waals surface area contributed by atoms with Gasteiger partial charge in [0.25, 0.3) is 0 Å². The largest absolute Gasteiger partial charge is 0.376 e. The van der Waals surface area contributed by atoms with Crippen molar-refractivity contribution < 1.29 is 9.26 Å². The summed E-state index contributed by atoms with van der Waals surface area (Å²) in [5, 5.41) is 6.29. The van der Waals surface area contributed by atoms with Crippen molar-refractivity contribution in [3.05, 3.63) is 41.3 Å². The van der Waals surface area contributed by atoms with Crippen LogP contribution in [-0.4, -0.2) is 43.0 Å². The summed E-state index contributed by atoms with van der Waals surface area (Å²) in [6, 6.07) is 10.3. The van der Waals surface area contributed by atoms with Gasteiger partial charge in [-0.3, -0.25) is 0 Å². The standard InChI is InChI=1S/C21H28N3O2PS/c28-27(26-16-18-10-7-15-25-18)21-19(22-24(27)17-8-2-1-3-9-17)11-6-12-20(21)23-13-4-5-14-23/h1-3,8-9,18H,4-7,10-16H2/t18-,27-/m1/s1. The highest BCUT2D eigenvalue weighted by atomic mass is 32.4. The summed E-state index contributed by atoms with van der Waals surface area (Å²) >= 11 is 6.38. The molecule has 4 aliphatic rings. The number of hydrazone groups is 1. The van der Waals surface area contributed by atoms with Crippen LogP contribution in [0.4, 0.5) is 5.69 Å². The molecule has 28 heavy (non-hydrogen) atoms. The monoisotopic (exact) mass is 417 g/mol. The van der Waals surface area contributed by atoms with Crippen LogP contribution in [0, 0.1) is 0 Å². The minimum atomic E-state index is -2.47. The van der Waals surface area contributed by atoms with Gasteiger partial charge in [0, 0.05) is 25.4 Å². The zero-order valence-corrected chi connectivity index (χ0v) is 18.0. The van der Waals surface area contributed by atoms with E-state index in [1.165, 1.54) is 23.9 Å². The molecule has 2 atom stereocenters. The van der Waals surface area contributed by atoms with Crippen molar-refractivity contribution in [2.75, 3.05) is 31.1 Å². The molecule has 150 valence electrons. The Morgan fingerprint density at radius 3 is 2.68 bits per heavy atom. The van der Waals surface area contributed by atoms with Gasteiger partial charge in [-0.05, 0) is 68.9 Å². The maximum atomic E-state index is 6.63. The number of ether oxygens (including phenoxy) is 1. The number of nitrogens with zero attached hydrogens (tertiary/aromatic N) is 3. The summed E-state index contributed by atoms with van der Waals surface area (Å²) in [5.41, 5.74) is 3.61. The second-order valence-electron chi connectivity index (χ2n) is 7.97. The van der Waals surface area contributed by atoms with Crippen LogP contribution in [0.1, 0.15) is 44.9 Å². The predicted molar refractivity (Wildman–Crippen MR) is 117 cm³/mol. The third-order valence-corrected chi connectivity index (χ3v) is 9.78. The Morgan fingerprint density at radius 2 is 1.93 bits per heavy atom. The molecule has 5 rings (SSSR count). The number of fused-ring (bicyclic) bond motifs is 1. The highest BCUT2D eigenvalue weighted by molar-refractivity contribution is 8.15. The van der Waals surface area contributed by atoms with E-state index in [0.29, 0.717) is 6.61 Å². The van der Waals surface area contributed by atoms with Crippen molar-refractivity contribution in [2.24, 2.45) is 5.10 Å². The number of para-hydroxylation sites is 1. The molecule has 1 aromatic rings. The number of rotatable bonds is 5. The van der Waals surface area contributed by atoms with Crippen LogP contribution in [0.5, 0.6) is 0 Å². The molecule has 1 aliphatic carbocycles. The lowest BCUT2D eigenvalue weighted by molar-refractivity contribution is 0.0721. The van der Waals surface area contributed by atoms with Gasteiger partial charge < -0.3 is 14.2 Å². The van der Waals surface area contributed by atoms with Crippen molar-refractivity contribution in [1.29, 1.82) is 0 Å². The van der Waals surface area contributed by atoms with Crippen molar-refractivity contribution in [3.63, 3.8) is 0 Å². The van der Waals surface area contributed by atoms with Gasteiger partial charge in [-0.25, -0.2) is 4.78 Å². The first-order chi connectivity index (χ1) is 13.8. The summed E-state index contributed by atoms with van der Waals surface area (Å²) in [4.78, 5) is 2.55. The summed E-state index contributed by atoms with van der Waals surface area (Å²) in [6.45, 7) is 3.68. The first-order valence-electron chi connectivity index (χ1n) is 10.5. The van der Waals surface area contributed by atoms with E-state index in [4.69, 9.17) is 26.2 Å². The minimum absolute atomic E-state index is 0.168. The van der Waals surface area contributed by atoms with Crippen molar-refractivity contribution in [1.82, 2.24) is 4.90 Å². The van der Waals surface area contributed by atoms with Crippen LogP contribution in [0.15, 0.2) is 46.4 Å². The summed E-state index contributed by atoms with van der Waals surface area (Å²) < 4.78 is 14.5. The number of likely N-dealkylation sites (tertiary alicyclic amines) is 1. The Balaban J connectivity index is 1.55. The highest BCUT2D eigenvalue weighted by Crippen LogP contribution is 2.67. The number of benzene rings is 1. The van der Waals surface area contributed by atoms with Crippen LogP contribution >= 0.6 is 6.42 Å². The predicted octanol–water partition coefficient (Wildman–Crippen LogP) is 4.86. The number of allylic oxidation sites excluding steroid dienone is 2. The second kappa shape index (κ2) is 7.91. The maximum absolute atomic E-state index is 6.63. The molecule has 2 fully saturated rings. The Bertz CT molecular complexity index is 829. The molecule has 7 heteroatoms. The summed E-state index contributed by atoms with van der Waals surface area (Å²) in [6.07, 6.45) is 5.65. The van der Waals surface area contributed by atoms with Gasteiger partial charge in [-0.2, -0.15) is 5.10 Å². The normalized spacial score (nSPS) is 30.1. The fourth-order valence-electron chi connectivity index (χ4n) is 4.66. The van der Waals surface area contributed by atoms with E-state index in [9.17, 15) is 0 Å². The molecule has 0 amide bonds. The van der Waals surface area contributed by atoms with Gasteiger partial charge in [0.15, 0.2) is 0 Å². The van der Waals surface area contributed by atoms with E-state index in [2.05, 4.69) is 17.0 Å². The number of hydrogen-bond donors (Lipinski definition) is 0. The van der Waals surface area contributed by atoms with Crippen LogP contribution in [0.3, 0.4) is 0 Å². The van der Waals surface area contributed by atoms with Crippen molar-refractivity contribution >= 4 is 29.6 Å². The molecular formula is C21H28N3O2PS. The topological polar surface area (TPSA) is 37.3 Å². The Labute approximate surface area is 172 Å². The van der Waals surface area contributed by atoms with E-state index in [1.54, 1.807) is 0 Å². The minimum Gasteiger partial charge on any atom is -0.376 e. The molecular weight excluding hydrogens is 389 g/mol. The third kappa shape index (κ3) is 3.35. The number of anilines is 1. The fourth-order valence-corrected chi connectivity index (χ4v) is 8.39. The average molecular weight is 418 g/mol. The van der Waals surface area contributed by atoms with Gasteiger partial charge in [0.1, 0.15) is 0 Å². The molecule has 0 saturated carbocycles. The zero-order chi connectivity index (χ0) is 19.0. The average Bonchev–Trinajstić information content (AvgIpc) is 3.48. The summed E-state index contributed by atoms with van der Waals surface area (Å²) in [5.74, 6) is 0. The van der Waals surface area contributed by atoms with Crippen LogP contribution in [0.25, 0.3) is 0 Å². The molecule has 2 saturated heterocycles. The molecule has 5 nitrogen and oxygen atoms in total. The lowest BCUT2D eigenvalue weighted by Gasteiger charge is -2.34. The van der Waals surface area contributed by atoms with Gasteiger partial charge >= 0.3 is 0 Å². The van der Waals surface area contributed by atoms with E-state index in [0.717, 1.165) is 63.2 Å². The first kappa shape index (κ1) is 18.8. The molecule has 0 N–H and O–H groups in total. The molecule has 1 aromatic carbocycles. The highest BCUT2D eigenvalue weighted by Gasteiger charge is 2.45. The smallest absolute Gasteiger partial charge is 0.209 e. The van der Waals surface area contributed by atoms with E-state index < -0.39 is 6.42 Å². The number of hydrogen-bond acceptors (Lipinski definition) is 5. The first-order valence-corrected chi connectivity index (χ1v) is 13.2. The van der Waals surface area contributed by atoms with Crippen molar-refractivity contribution in [3.8, 4) is 0 Å².